The first kappa shape index (κ1) is 16.3. The van der Waals surface area contributed by atoms with Crippen LogP contribution in [0.25, 0.3) is 0 Å². The number of nitrogens with one attached hydrogen (secondary N) is 1. The molecule has 0 radical (unpaired) electrons. The van der Waals surface area contributed by atoms with E-state index in [9.17, 15) is 18.3 Å². The van der Waals surface area contributed by atoms with E-state index in [4.69, 9.17) is 5.11 Å². The van der Waals surface area contributed by atoms with Crippen LogP contribution in [-0.4, -0.2) is 43.0 Å². The van der Waals surface area contributed by atoms with E-state index in [1.54, 1.807) is 0 Å². The topological polar surface area (TPSA) is 104 Å². The molecule has 0 bridgehead atoms. The van der Waals surface area contributed by atoms with E-state index in [2.05, 4.69) is 4.72 Å². The molecule has 3 N–H and O–H groups in total. The summed E-state index contributed by atoms with van der Waals surface area (Å²) in [6.07, 6.45) is 1.23. The van der Waals surface area contributed by atoms with E-state index in [1.807, 2.05) is 13.8 Å². The molecule has 0 heterocycles. The molecule has 6 nitrogen and oxygen atoms in total. The normalized spacial score (nSPS) is 14.6. The summed E-state index contributed by atoms with van der Waals surface area (Å²) in [4.78, 5) is 10.6. The van der Waals surface area contributed by atoms with Gasteiger partial charge in [-0.15, -0.1) is 0 Å². The van der Waals surface area contributed by atoms with Crippen molar-refractivity contribution in [3.05, 3.63) is 0 Å². The average Bonchev–Trinajstić information content (AvgIpc) is 2.30. The third kappa shape index (κ3) is 4.25. The lowest BCUT2D eigenvalue weighted by molar-refractivity contribution is -0.136. The maximum Gasteiger partial charge on any atom is 0.323 e. The van der Waals surface area contributed by atoms with E-state index < -0.39 is 26.7 Å². The first-order chi connectivity index (χ1) is 7.74. The number of carboxylic acids is 1. The SMILES string of the molecule is CCC(CC)(CO)CNS(=O)(=O)C(C)C(=O)O. The minimum atomic E-state index is -3.88. The summed E-state index contributed by atoms with van der Waals surface area (Å²) in [7, 11) is -3.88. The van der Waals surface area contributed by atoms with Crippen LogP contribution in [0.2, 0.25) is 0 Å². The van der Waals surface area contributed by atoms with Crippen molar-refractivity contribution in [2.24, 2.45) is 5.41 Å². The van der Waals surface area contributed by atoms with Crippen LogP contribution in [0.15, 0.2) is 0 Å². The number of sulfonamides is 1. The zero-order valence-electron chi connectivity index (χ0n) is 10.4. The number of aliphatic hydroxyl groups is 1. The fourth-order valence-electron chi connectivity index (χ4n) is 1.29. The summed E-state index contributed by atoms with van der Waals surface area (Å²) in [5.74, 6) is -1.39. The third-order valence-electron chi connectivity index (χ3n) is 3.30. The summed E-state index contributed by atoms with van der Waals surface area (Å²) in [6, 6.07) is 0. The molecule has 0 aliphatic carbocycles. The Hall–Kier alpha value is -0.660. The fraction of sp³-hybridized carbons (Fsp3) is 0.900. The highest BCUT2D eigenvalue weighted by Crippen LogP contribution is 2.24. The van der Waals surface area contributed by atoms with Gasteiger partial charge in [0.25, 0.3) is 0 Å². The van der Waals surface area contributed by atoms with Gasteiger partial charge in [-0.3, -0.25) is 4.79 Å². The second kappa shape index (κ2) is 6.32. The molecule has 0 aromatic carbocycles. The summed E-state index contributed by atoms with van der Waals surface area (Å²) in [6.45, 7) is 4.74. The van der Waals surface area contributed by atoms with Gasteiger partial charge >= 0.3 is 5.97 Å². The van der Waals surface area contributed by atoms with Crippen LogP contribution in [0.5, 0.6) is 0 Å². The number of hydrogen-bond donors (Lipinski definition) is 3. The summed E-state index contributed by atoms with van der Waals surface area (Å²) in [5.41, 5.74) is -0.523. The van der Waals surface area contributed by atoms with Gasteiger partial charge in [0, 0.05) is 18.6 Å². The van der Waals surface area contributed by atoms with Crippen molar-refractivity contribution in [1.82, 2.24) is 4.72 Å². The number of carbonyl (C=O) groups is 1. The Balaban J connectivity index is 4.71. The van der Waals surface area contributed by atoms with E-state index in [-0.39, 0.29) is 13.2 Å². The second-order valence-electron chi connectivity index (χ2n) is 4.21. The molecular formula is C10H21NO5S. The number of aliphatic hydroxyl groups excluding tert-OH is 1. The van der Waals surface area contributed by atoms with Gasteiger partial charge in [-0.25, -0.2) is 13.1 Å². The van der Waals surface area contributed by atoms with Gasteiger partial charge in [0.2, 0.25) is 10.0 Å². The van der Waals surface area contributed by atoms with Crippen LogP contribution >= 0.6 is 0 Å². The van der Waals surface area contributed by atoms with Crippen LogP contribution in [-0.2, 0) is 14.8 Å². The first-order valence-electron chi connectivity index (χ1n) is 5.57. The molecule has 0 fully saturated rings. The standard InChI is InChI=1S/C10H21NO5S/c1-4-10(5-2,7-12)6-11-17(15,16)8(3)9(13)14/h8,11-12H,4-7H2,1-3H3,(H,13,14). The molecular weight excluding hydrogens is 246 g/mol. The van der Waals surface area contributed by atoms with E-state index >= 15 is 0 Å². The largest absolute Gasteiger partial charge is 0.480 e. The Morgan fingerprint density at radius 1 is 1.35 bits per heavy atom. The fourth-order valence-corrected chi connectivity index (χ4v) is 2.31. The molecule has 0 aromatic rings. The minimum absolute atomic E-state index is 0.0520. The average molecular weight is 267 g/mol. The van der Waals surface area contributed by atoms with Crippen LogP contribution in [0.1, 0.15) is 33.6 Å². The summed E-state index contributed by atoms with van der Waals surface area (Å²) >= 11 is 0. The molecule has 0 rings (SSSR count). The number of hydrogen-bond acceptors (Lipinski definition) is 4. The van der Waals surface area contributed by atoms with Crippen LogP contribution < -0.4 is 4.72 Å². The van der Waals surface area contributed by atoms with E-state index in [1.165, 1.54) is 0 Å². The smallest absolute Gasteiger partial charge is 0.323 e. The highest BCUT2D eigenvalue weighted by Gasteiger charge is 2.32. The molecule has 17 heavy (non-hydrogen) atoms. The quantitative estimate of drug-likeness (QED) is 0.582. The number of aliphatic carboxylic acids is 1. The maximum absolute atomic E-state index is 11.6. The minimum Gasteiger partial charge on any atom is -0.480 e. The molecule has 0 amide bonds. The molecule has 1 atom stereocenters. The molecule has 1 unspecified atom stereocenters. The highest BCUT2D eigenvalue weighted by atomic mass is 32.2. The van der Waals surface area contributed by atoms with Gasteiger partial charge in [0.05, 0.1) is 0 Å². The summed E-state index contributed by atoms with van der Waals surface area (Å²) in [5, 5.41) is 16.4. The lowest BCUT2D eigenvalue weighted by atomic mass is 9.84. The van der Waals surface area contributed by atoms with Crippen LogP contribution in [0.4, 0.5) is 0 Å². The number of rotatable bonds is 8. The molecule has 7 heteroatoms. The van der Waals surface area contributed by atoms with Gasteiger partial charge in [-0.2, -0.15) is 0 Å². The van der Waals surface area contributed by atoms with Crippen molar-refractivity contribution in [2.45, 2.75) is 38.9 Å². The Morgan fingerprint density at radius 2 is 1.82 bits per heavy atom. The lowest BCUT2D eigenvalue weighted by Gasteiger charge is -2.29. The molecule has 0 saturated carbocycles. The predicted molar refractivity (Wildman–Crippen MR) is 64.1 cm³/mol. The Bertz CT molecular complexity index is 339. The zero-order valence-corrected chi connectivity index (χ0v) is 11.2. The van der Waals surface area contributed by atoms with Gasteiger partial charge in [-0.1, -0.05) is 13.8 Å². The van der Waals surface area contributed by atoms with Crippen molar-refractivity contribution in [1.29, 1.82) is 0 Å². The summed E-state index contributed by atoms with van der Waals surface area (Å²) < 4.78 is 25.5. The van der Waals surface area contributed by atoms with Crippen LogP contribution in [0, 0.1) is 5.41 Å². The Kier molecular flexibility index (Phi) is 6.08. The molecule has 0 saturated heterocycles. The van der Waals surface area contributed by atoms with Crippen molar-refractivity contribution in [3.8, 4) is 0 Å². The Morgan fingerprint density at radius 3 is 2.12 bits per heavy atom. The maximum atomic E-state index is 11.6. The highest BCUT2D eigenvalue weighted by molar-refractivity contribution is 7.90. The molecule has 0 aromatic heterocycles. The second-order valence-corrected chi connectivity index (χ2v) is 6.30. The van der Waals surface area contributed by atoms with Crippen molar-refractivity contribution < 1.29 is 23.4 Å². The van der Waals surface area contributed by atoms with E-state index in [0.29, 0.717) is 12.8 Å². The van der Waals surface area contributed by atoms with Gasteiger partial charge in [0.1, 0.15) is 0 Å². The predicted octanol–water partition coefficient (Wildman–Crippen LogP) is 0.178. The molecule has 0 aliphatic heterocycles. The zero-order chi connectivity index (χ0) is 13.7. The lowest BCUT2D eigenvalue weighted by Crippen LogP contribution is -2.44. The van der Waals surface area contributed by atoms with Gasteiger partial charge in [-0.05, 0) is 19.8 Å². The molecule has 0 aliphatic rings. The Labute approximate surface area is 102 Å². The molecule has 0 spiro atoms. The van der Waals surface area contributed by atoms with E-state index in [0.717, 1.165) is 6.92 Å². The monoisotopic (exact) mass is 267 g/mol. The van der Waals surface area contributed by atoms with Crippen molar-refractivity contribution in [2.75, 3.05) is 13.2 Å². The van der Waals surface area contributed by atoms with Gasteiger partial charge in [0.15, 0.2) is 5.25 Å². The molecule has 102 valence electrons. The number of carboxylic acid groups (broad SMARTS) is 1. The third-order valence-corrected chi connectivity index (χ3v) is 4.98. The first-order valence-corrected chi connectivity index (χ1v) is 7.11. The van der Waals surface area contributed by atoms with Crippen LogP contribution in [0.3, 0.4) is 0 Å². The van der Waals surface area contributed by atoms with Gasteiger partial charge < -0.3 is 10.2 Å². The van der Waals surface area contributed by atoms with Crippen molar-refractivity contribution in [3.63, 3.8) is 0 Å². The van der Waals surface area contributed by atoms with Crippen molar-refractivity contribution >= 4 is 16.0 Å².